The van der Waals surface area contributed by atoms with Crippen molar-refractivity contribution in [3.8, 4) is 11.5 Å². The van der Waals surface area contributed by atoms with E-state index in [-0.39, 0.29) is 28.9 Å². The molecule has 57 heavy (non-hydrogen) atoms. The molecule has 2 atom stereocenters. The van der Waals surface area contributed by atoms with Crippen LogP contribution in [0.4, 0.5) is 11.4 Å². The van der Waals surface area contributed by atoms with Gasteiger partial charge in [0.05, 0.1) is 31.3 Å². The monoisotopic (exact) mass is 778 g/mol. The Bertz CT molecular complexity index is 2320. The van der Waals surface area contributed by atoms with Crippen LogP contribution in [0.1, 0.15) is 84.6 Å². The number of guanidine groups is 1. The van der Waals surface area contributed by atoms with Crippen LogP contribution in [0.5, 0.6) is 11.5 Å². The summed E-state index contributed by atoms with van der Waals surface area (Å²) in [6.45, 7) is 23.7. The van der Waals surface area contributed by atoms with E-state index in [0.717, 1.165) is 45.5 Å². The number of aryl methyl sites for hydroxylation is 1. The molecule has 0 spiro atoms. The molecule has 0 aromatic heterocycles. The zero-order valence-electron chi connectivity index (χ0n) is 35.0. The molecule has 4 aliphatic rings. The first-order valence-corrected chi connectivity index (χ1v) is 22.0. The van der Waals surface area contributed by atoms with Gasteiger partial charge in [-0.15, -0.1) is 0 Å². The van der Waals surface area contributed by atoms with Crippen molar-refractivity contribution in [3.05, 3.63) is 138 Å². The Morgan fingerprint density at radius 3 is 1.54 bits per heavy atom. The van der Waals surface area contributed by atoms with Gasteiger partial charge >= 0.3 is 0 Å². The van der Waals surface area contributed by atoms with Crippen LogP contribution in [0.25, 0.3) is 0 Å². The topological polar surface area (TPSA) is 58.9 Å². The van der Waals surface area contributed by atoms with Crippen LogP contribution >= 0.6 is 7.05 Å². The van der Waals surface area contributed by atoms with Gasteiger partial charge in [-0.25, -0.2) is 9.74 Å². The highest BCUT2D eigenvalue weighted by molar-refractivity contribution is 7.87. The minimum Gasteiger partial charge on any atom is -0.452 e. The summed E-state index contributed by atoms with van der Waals surface area (Å²) >= 11 is 0. The zero-order valence-corrected chi connectivity index (χ0v) is 35.9. The summed E-state index contributed by atoms with van der Waals surface area (Å²) in [5, 5.41) is 3.56. The van der Waals surface area contributed by atoms with Gasteiger partial charge in [0.1, 0.15) is 11.4 Å². The van der Waals surface area contributed by atoms with Gasteiger partial charge < -0.3 is 24.0 Å². The van der Waals surface area contributed by atoms with Gasteiger partial charge in [-0.1, -0.05) is 138 Å². The summed E-state index contributed by atoms with van der Waals surface area (Å²) in [6, 6.07) is 41.5. The molecule has 3 saturated heterocycles. The third-order valence-electron chi connectivity index (χ3n) is 12.3. The van der Waals surface area contributed by atoms with E-state index in [1.807, 2.05) is 0 Å². The molecule has 4 aliphatic heterocycles. The second kappa shape index (κ2) is 13.2. The van der Waals surface area contributed by atoms with Crippen LogP contribution in [0.15, 0.2) is 125 Å². The van der Waals surface area contributed by atoms with Crippen molar-refractivity contribution in [2.45, 2.75) is 104 Å². The lowest BCUT2D eigenvalue weighted by Crippen LogP contribution is -2.51. The maximum atomic E-state index is 7.41. The number of ether oxygens (including phenoxy) is 3. The van der Waals surface area contributed by atoms with Crippen molar-refractivity contribution in [1.29, 1.82) is 0 Å². The fourth-order valence-electron chi connectivity index (χ4n) is 9.14. The van der Waals surface area contributed by atoms with Crippen LogP contribution in [-0.4, -0.2) is 52.5 Å². The fourth-order valence-corrected chi connectivity index (χ4v) is 12.7. The molecule has 5 aromatic rings. The molecule has 0 saturated carbocycles. The average molecular weight is 779 g/mol. The fraction of sp³-hybridized carbons (Fsp3) is 0.367. The molecule has 0 aliphatic carbocycles. The number of nitrogens with zero attached hydrogens (tertiary/aromatic N) is 4. The summed E-state index contributed by atoms with van der Waals surface area (Å²) in [6.07, 6.45) is -0.473. The lowest BCUT2D eigenvalue weighted by Gasteiger charge is -2.38. The Morgan fingerprint density at radius 1 is 0.614 bits per heavy atom. The van der Waals surface area contributed by atoms with Gasteiger partial charge in [0.25, 0.3) is 0 Å². The molecule has 9 rings (SSSR count). The molecule has 0 bridgehead atoms. The first kappa shape index (κ1) is 37.9. The number of hydrogen-bond donors (Lipinski definition) is 0. The van der Waals surface area contributed by atoms with E-state index in [9.17, 15) is 0 Å². The van der Waals surface area contributed by atoms with Crippen molar-refractivity contribution in [2.24, 2.45) is 9.74 Å². The standard InChI is InChI=1S/C49H55N4O3P/c1-32-26-37-42(40(27-32)51-57(34-20-14-11-15-21-34,35-22-16-12-17-23-35)36-24-18-13-19-25-36)56-41-38(49(37,9)10)28-33(46(2,3)4)29-39(41)50-45-52-43(54-30-47(52,5)6)44-53(45)48(7,8)31-55-44/h11-29,43-44H,30-31H2,1-10H3. The number of fused-ring (bicyclic) bond motifs is 5. The van der Waals surface area contributed by atoms with Crippen LogP contribution in [0.2, 0.25) is 0 Å². The average Bonchev–Trinajstić information content (AvgIpc) is 3.80. The van der Waals surface area contributed by atoms with E-state index in [1.54, 1.807) is 0 Å². The Hall–Kier alpha value is -4.68. The first-order chi connectivity index (χ1) is 27.0. The molecular formula is C49H55N4O3P. The first-order valence-electron chi connectivity index (χ1n) is 20.2. The van der Waals surface area contributed by atoms with Gasteiger partial charge in [0, 0.05) is 32.5 Å². The third kappa shape index (κ3) is 5.99. The summed E-state index contributed by atoms with van der Waals surface area (Å²) in [4.78, 5) is 10.4. The largest absolute Gasteiger partial charge is 0.452 e. The SMILES string of the molecule is Cc1cc(N=P(c2ccccc2)(c2ccccc2)c2ccccc2)c2c(c1)C(C)(C)c1cc(C(C)(C)C)cc(N=C3N4C(OCC4(C)C)C4OCC(C)(C)N34)c1O2. The van der Waals surface area contributed by atoms with Crippen LogP contribution in [0, 0.1) is 6.92 Å². The molecule has 7 nitrogen and oxygen atoms in total. The second-order valence-corrected chi connectivity index (χ2v) is 22.0. The van der Waals surface area contributed by atoms with Gasteiger partial charge in [0.15, 0.2) is 24.0 Å². The number of aliphatic imine (C=N–C) groups is 1. The summed E-state index contributed by atoms with van der Waals surface area (Å²) in [5.41, 5.74) is 5.12. The Morgan fingerprint density at radius 2 is 1.07 bits per heavy atom. The zero-order chi connectivity index (χ0) is 40.1. The Labute approximate surface area is 338 Å². The van der Waals surface area contributed by atoms with E-state index >= 15 is 0 Å². The summed E-state index contributed by atoms with van der Waals surface area (Å²) in [5.74, 6) is 2.42. The molecule has 0 amide bonds. The number of hydrogen-bond acceptors (Lipinski definition) is 5. The van der Waals surface area contributed by atoms with Crippen LogP contribution < -0.4 is 20.7 Å². The van der Waals surface area contributed by atoms with E-state index in [4.69, 9.17) is 23.9 Å². The highest BCUT2D eigenvalue weighted by atomic mass is 31.2. The highest BCUT2D eigenvalue weighted by Gasteiger charge is 2.61. The molecule has 5 aromatic carbocycles. The Balaban J connectivity index is 1.32. The normalized spacial score (nSPS) is 21.3. The summed E-state index contributed by atoms with van der Waals surface area (Å²) < 4.78 is 26.4. The molecule has 8 heteroatoms. The smallest absolute Gasteiger partial charge is 0.207 e. The molecule has 294 valence electrons. The maximum absolute atomic E-state index is 7.41. The predicted molar refractivity (Wildman–Crippen MR) is 234 cm³/mol. The Kier molecular flexibility index (Phi) is 8.75. The third-order valence-corrected chi connectivity index (χ3v) is 15.9. The molecule has 4 heterocycles. The van der Waals surface area contributed by atoms with E-state index < -0.39 is 12.5 Å². The minimum absolute atomic E-state index is 0.134. The van der Waals surface area contributed by atoms with Crippen molar-refractivity contribution in [3.63, 3.8) is 0 Å². The lowest BCUT2D eigenvalue weighted by atomic mass is 9.73. The van der Waals surface area contributed by atoms with E-state index in [1.165, 1.54) is 21.5 Å². The van der Waals surface area contributed by atoms with E-state index in [2.05, 4.69) is 194 Å². The maximum Gasteiger partial charge on any atom is 0.207 e. The quantitative estimate of drug-likeness (QED) is 0.166. The predicted octanol–water partition coefficient (Wildman–Crippen LogP) is 10.4. The van der Waals surface area contributed by atoms with Gasteiger partial charge in [0.2, 0.25) is 5.96 Å². The molecule has 3 fully saturated rings. The molecule has 2 unspecified atom stereocenters. The minimum atomic E-state index is -2.61. The van der Waals surface area contributed by atoms with E-state index in [0.29, 0.717) is 13.2 Å². The molecule has 0 N–H and O–H groups in total. The van der Waals surface area contributed by atoms with Crippen molar-refractivity contribution in [2.75, 3.05) is 13.2 Å². The van der Waals surface area contributed by atoms with Crippen molar-refractivity contribution < 1.29 is 14.2 Å². The number of rotatable bonds is 5. The van der Waals surface area contributed by atoms with Crippen LogP contribution in [-0.2, 0) is 20.3 Å². The molecule has 0 radical (unpaired) electrons. The van der Waals surface area contributed by atoms with Gasteiger partial charge in [-0.2, -0.15) is 0 Å². The van der Waals surface area contributed by atoms with Crippen molar-refractivity contribution in [1.82, 2.24) is 9.80 Å². The highest BCUT2D eigenvalue weighted by Crippen LogP contribution is 2.59. The van der Waals surface area contributed by atoms with Crippen LogP contribution in [0.3, 0.4) is 0 Å². The lowest BCUT2D eigenvalue weighted by molar-refractivity contribution is -0.0619. The summed E-state index contributed by atoms with van der Waals surface area (Å²) in [7, 11) is -2.61. The number of benzene rings is 5. The second-order valence-electron chi connectivity index (χ2n) is 18.9. The van der Waals surface area contributed by atoms with Gasteiger partial charge in [-0.05, 0) is 63.3 Å². The van der Waals surface area contributed by atoms with Gasteiger partial charge in [-0.3, -0.25) is 0 Å². The molecular weight excluding hydrogens is 724 g/mol. The van der Waals surface area contributed by atoms with Crippen molar-refractivity contribution >= 4 is 40.3 Å².